The first-order chi connectivity index (χ1) is 28.4. The second-order valence-corrected chi connectivity index (χ2v) is 17.6. The predicted molar refractivity (Wildman–Crippen MR) is 238 cm³/mol. The van der Waals surface area contributed by atoms with Crippen LogP contribution in [-0.4, -0.2) is 127 Å². The SMILES string of the molecule is CC[C@H](C)[C@@H]([C@@H](CC(=O)N1CCCC1[C@H](OC)[C@@H](C)C(=O)N[C@H](C)[C@@H](O)c1ccccc1)OC)N(C)C(=O)C(NC(=O)C(C(C)C)N(C)CCc1ccc(N)cc1)C(C)C. The second kappa shape index (κ2) is 23.8. The maximum Gasteiger partial charge on any atom is 0.245 e. The summed E-state index contributed by atoms with van der Waals surface area (Å²) in [4.78, 5) is 61.9. The molecule has 13 nitrogen and oxygen atoms in total. The summed E-state index contributed by atoms with van der Waals surface area (Å²) in [5.41, 5.74) is 8.41. The molecular formula is C47H76N6O7. The Bertz CT molecular complexity index is 1640. The molecule has 2 aromatic rings. The van der Waals surface area contributed by atoms with Crippen LogP contribution in [0.2, 0.25) is 0 Å². The van der Waals surface area contributed by atoms with Crippen LogP contribution in [0.5, 0.6) is 0 Å². The van der Waals surface area contributed by atoms with E-state index in [1.54, 1.807) is 44.9 Å². The van der Waals surface area contributed by atoms with Crippen molar-refractivity contribution in [2.75, 3.05) is 47.1 Å². The van der Waals surface area contributed by atoms with Gasteiger partial charge in [0.2, 0.25) is 23.6 Å². The molecule has 3 rings (SSSR count). The van der Waals surface area contributed by atoms with Gasteiger partial charge in [-0.25, -0.2) is 0 Å². The van der Waals surface area contributed by atoms with Gasteiger partial charge in [0, 0.05) is 40.0 Å². The Labute approximate surface area is 360 Å². The van der Waals surface area contributed by atoms with Gasteiger partial charge in [-0.05, 0) is 74.2 Å². The van der Waals surface area contributed by atoms with E-state index in [1.165, 1.54) is 0 Å². The van der Waals surface area contributed by atoms with Gasteiger partial charge >= 0.3 is 0 Å². The Morgan fingerprint density at radius 1 is 0.883 bits per heavy atom. The summed E-state index contributed by atoms with van der Waals surface area (Å²) in [5, 5.41) is 17.0. The van der Waals surface area contributed by atoms with Crippen molar-refractivity contribution in [1.82, 2.24) is 25.3 Å². The van der Waals surface area contributed by atoms with Gasteiger partial charge in [-0.15, -0.1) is 0 Å². The first-order valence-corrected chi connectivity index (χ1v) is 21.9. The number of likely N-dealkylation sites (N-methyl/N-ethyl adjacent to an activating group) is 2. The van der Waals surface area contributed by atoms with Crippen LogP contribution < -0.4 is 16.4 Å². The number of carbonyl (C=O) groups is 4. The van der Waals surface area contributed by atoms with Crippen molar-refractivity contribution in [1.29, 1.82) is 0 Å². The van der Waals surface area contributed by atoms with Gasteiger partial charge in [0.05, 0.1) is 54.8 Å². The number of anilines is 1. The van der Waals surface area contributed by atoms with Gasteiger partial charge in [-0.3, -0.25) is 24.1 Å². The minimum atomic E-state index is -0.885. The van der Waals surface area contributed by atoms with E-state index in [9.17, 15) is 24.3 Å². The molecule has 4 amide bonds. The maximum absolute atomic E-state index is 14.5. The van der Waals surface area contributed by atoms with E-state index in [2.05, 4.69) is 10.6 Å². The summed E-state index contributed by atoms with van der Waals surface area (Å²) in [6.45, 7) is 16.7. The number of benzene rings is 2. The number of nitrogens with two attached hydrogens (primary N) is 1. The van der Waals surface area contributed by atoms with Crippen LogP contribution in [0.1, 0.15) is 98.3 Å². The lowest BCUT2D eigenvalue weighted by Crippen LogP contribution is -2.60. The molecule has 1 heterocycles. The number of carbonyl (C=O) groups excluding carboxylic acids is 4. The molecule has 1 aliphatic heterocycles. The first-order valence-electron chi connectivity index (χ1n) is 21.9. The molecule has 10 atom stereocenters. The second-order valence-electron chi connectivity index (χ2n) is 17.6. The van der Waals surface area contributed by atoms with Crippen molar-refractivity contribution in [3.63, 3.8) is 0 Å². The van der Waals surface area contributed by atoms with Gasteiger partial charge in [0.1, 0.15) is 6.04 Å². The van der Waals surface area contributed by atoms with Crippen LogP contribution in [0.3, 0.4) is 0 Å². The number of likely N-dealkylation sites (tertiary alicyclic amines) is 1. The van der Waals surface area contributed by atoms with Crippen LogP contribution in [-0.2, 0) is 35.1 Å². The van der Waals surface area contributed by atoms with E-state index in [1.807, 2.05) is 108 Å². The highest BCUT2D eigenvalue weighted by Gasteiger charge is 2.43. The minimum Gasteiger partial charge on any atom is -0.399 e. The van der Waals surface area contributed by atoms with E-state index >= 15 is 0 Å². The average Bonchev–Trinajstić information content (AvgIpc) is 3.71. The molecule has 13 heteroatoms. The molecule has 336 valence electrons. The Morgan fingerprint density at radius 2 is 1.52 bits per heavy atom. The number of nitrogen functional groups attached to an aromatic ring is 1. The standard InChI is InChI=1S/C47H76N6O7/c1-13-31(6)42(52(10)47(58)40(29(2)3)50-46(57)41(30(4)5)51(9)27-25-34-21-23-36(48)24-22-34)38(59-11)28-39(54)53-26-17-20-37(53)44(60-12)32(7)45(56)49-33(8)43(55)35-18-15-14-16-19-35/h14-16,18-19,21-24,29-33,37-38,40-44,55H,13,17,20,25-28,48H2,1-12H3,(H,49,56)(H,50,57)/t31-,32+,33+,37?,38+,40?,41?,42-,43+,44+/m0/s1. The number of nitrogens with zero attached hydrogens (tertiary/aromatic N) is 3. The molecule has 0 saturated carbocycles. The number of amides is 4. The molecule has 1 saturated heterocycles. The van der Waals surface area contributed by atoms with Gasteiger partial charge in [-0.2, -0.15) is 0 Å². The third-order valence-corrected chi connectivity index (χ3v) is 12.6. The molecule has 5 N–H and O–H groups in total. The number of aliphatic hydroxyl groups is 1. The van der Waals surface area contributed by atoms with Gasteiger partial charge in [0.15, 0.2) is 0 Å². The van der Waals surface area contributed by atoms with Crippen LogP contribution in [0, 0.1) is 23.7 Å². The Kier molecular flexibility index (Phi) is 20.0. The number of hydrogen-bond acceptors (Lipinski definition) is 9. The zero-order chi connectivity index (χ0) is 44.8. The van der Waals surface area contributed by atoms with Gasteiger partial charge in [-0.1, -0.05) is 97.4 Å². The number of rotatable bonds is 23. The number of nitrogens with one attached hydrogen (secondary N) is 2. The van der Waals surface area contributed by atoms with E-state index < -0.39 is 48.4 Å². The summed E-state index contributed by atoms with van der Waals surface area (Å²) < 4.78 is 12.0. The van der Waals surface area contributed by atoms with Crippen molar-refractivity contribution in [2.24, 2.45) is 23.7 Å². The van der Waals surface area contributed by atoms with Crippen molar-refractivity contribution in [3.05, 3.63) is 65.7 Å². The van der Waals surface area contributed by atoms with E-state index in [4.69, 9.17) is 15.2 Å². The highest BCUT2D eigenvalue weighted by Crippen LogP contribution is 2.30. The smallest absolute Gasteiger partial charge is 0.245 e. The lowest BCUT2D eigenvalue weighted by atomic mass is 9.89. The summed E-state index contributed by atoms with van der Waals surface area (Å²) in [6.07, 6.45) is 0.792. The predicted octanol–water partition coefficient (Wildman–Crippen LogP) is 5.07. The molecule has 0 spiro atoms. The van der Waals surface area contributed by atoms with Crippen LogP contribution >= 0.6 is 0 Å². The molecule has 2 aromatic carbocycles. The fourth-order valence-electron chi connectivity index (χ4n) is 8.79. The fourth-order valence-corrected chi connectivity index (χ4v) is 8.79. The number of ether oxygens (including phenoxy) is 2. The lowest BCUT2D eigenvalue weighted by molar-refractivity contribution is -0.148. The van der Waals surface area contributed by atoms with Crippen LogP contribution in [0.15, 0.2) is 54.6 Å². The fraction of sp³-hybridized carbons (Fsp3) is 0.660. The normalized spacial score (nSPS) is 18.9. The zero-order valence-electron chi connectivity index (χ0n) is 38.4. The van der Waals surface area contributed by atoms with E-state index in [0.29, 0.717) is 30.8 Å². The average molecular weight is 837 g/mol. The Morgan fingerprint density at radius 3 is 2.07 bits per heavy atom. The first kappa shape index (κ1) is 50.3. The maximum atomic E-state index is 14.5. The Hall–Kier alpha value is -4.04. The van der Waals surface area contributed by atoms with Crippen molar-refractivity contribution in [3.8, 4) is 0 Å². The monoisotopic (exact) mass is 837 g/mol. The van der Waals surface area contributed by atoms with Gasteiger partial charge in [0.25, 0.3) is 0 Å². The molecule has 3 unspecified atom stereocenters. The largest absolute Gasteiger partial charge is 0.399 e. The lowest BCUT2D eigenvalue weighted by Gasteiger charge is -2.41. The highest BCUT2D eigenvalue weighted by molar-refractivity contribution is 5.90. The molecule has 60 heavy (non-hydrogen) atoms. The molecule has 1 aliphatic rings. The molecule has 0 aromatic heterocycles. The number of hydrogen-bond donors (Lipinski definition) is 4. The van der Waals surface area contributed by atoms with Crippen molar-refractivity contribution >= 4 is 29.3 Å². The summed E-state index contributed by atoms with van der Waals surface area (Å²) >= 11 is 0. The molecule has 0 aliphatic carbocycles. The van der Waals surface area contributed by atoms with Crippen molar-refractivity contribution < 1.29 is 33.8 Å². The summed E-state index contributed by atoms with van der Waals surface area (Å²) in [7, 11) is 6.80. The Balaban J connectivity index is 1.75. The third-order valence-electron chi connectivity index (χ3n) is 12.6. The quantitative estimate of drug-likeness (QED) is 0.112. The van der Waals surface area contributed by atoms with Crippen LogP contribution in [0.4, 0.5) is 5.69 Å². The summed E-state index contributed by atoms with van der Waals surface area (Å²) in [6, 6.07) is 14.3. The van der Waals surface area contributed by atoms with E-state index in [-0.39, 0.29) is 53.8 Å². The zero-order valence-corrected chi connectivity index (χ0v) is 38.4. The molecular weight excluding hydrogens is 761 g/mol. The molecule has 0 radical (unpaired) electrons. The number of methoxy groups -OCH3 is 2. The topological polar surface area (TPSA) is 167 Å². The minimum absolute atomic E-state index is 0.0144. The summed E-state index contributed by atoms with van der Waals surface area (Å²) in [5.74, 6) is -1.74. The van der Waals surface area contributed by atoms with Crippen LogP contribution in [0.25, 0.3) is 0 Å². The highest BCUT2D eigenvalue weighted by atomic mass is 16.5. The molecule has 0 bridgehead atoms. The molecule has 1 fully saturated rings. The van der Waals surface area contributed by atoms with Crippen molar-refractivity contribution in [2.45, 2.75) is 136 Å². The number of aliphatic hydroxyl groups excluding tert-OH is 1. The van der Waals surface area contributed by atoms with Gasteiger partial charge < -0.3 is 40.7 Å². The third kappa shape index (κ3) is 13.2. The van der Waals surface area contributed by atoms with E-state index in [0.717, 1.165) is 24.8 Å².